The van der Waals surface area contributed by atoms with Gasteiger partial charge in [0.1, 0.15) is 0 Å². The van der Waals surface area contributed by atoms with Gasteiger partial charge in [0.05, 0.1) is 21.4 Å². The fraction of sp³-hybridized carbons (Fsp3) is 0.345. The second kappa shape index (κ2) is 9.79. The Bertz CT molecular complexity index is 1360. The minimum Gasteiger partial charge on any atom is -0.333 e. The van der Waals surface area contributed by atoms with Gasteiger partial charge in [0.2, 0.25) is 0 Å². The topological polar surface area (TPSA) is 38.8 Å². The number of carbonyl (C=O) groups is 1. The Labute approximate surface area is 232 Å². The number of hydrogen-bond acceptors (Lipinski definition) is 3. The minimum absolute atomic E-state index is 0.252. The molecule has 1 N–H and O–H groups in total. The van der Waals surface area contributed by atoms with Crippen LogP contribution in [0.4, 0.5) is 16.2 Å². The number of carbonyl (C=O) groups excluding carboxylic acids is 1. The van der Waals surface area contributed by atoms with Gasteiger partial charge in [0.25, 0.3) is 0 Å². The maximum Gasteiger partial charge on any atom is 0.326 e. The van der Waals surface area contributed by atoms with Crippen LogP contribution in [0.5, 0.6) is 0 Å². The summed E-state index contributed by atoms with van der Waals surface area (Å²) >= 11 is 19.9. The molecule has 0 radical (unpaired) electrons. The quantitative estimate of drug-likeness (QED) is 0.358. The van der Waals surface area contributed by atoms with Crippen molar-refractivity contribution < 1.29 is 4.79 Å². The summed E-state index contributed by atoms with van der Waals surface area (Å²) in [4.78, 5) is 20.1. The summed E-state index contributed by atoms with van der Waals surface area (Å²) < 4.78 is 0. The van der Waals surface area contributed by atoms with E-state index in [-0.39, 0.29) is 6.03 Å². The Kier molecular flexibility index (Phi) is 6.62. The van der Waals surface area contributed by atoms with E-state index in [1.807, 2.05) is 24.3 Å². The van der Waals surface area contributed by atoms with Gasteiger partial charge in [-0.2, -0.15) is 0 Å². The first-order valence-electron chi connectivity index (χ1n) is 12.7. The van der Waals surface area contributed by atoms with Crippen LogP contribution < -0.4 is 10.2 Å². The van der Waals surface area contributed by atoms with Gasteiger partial charge in [-0.15, -0.1) is 0 Å². The van der Waals surface area contributed by atoms with Gasteiger partial charge in [-0.25, -0.2) is 4.79 Å². The number of amides is 2. The van der Waals surface area contributed by atoms with E-state index in [9.17, 15) is 4.79 Å². The smallest absolute Gasteiger partial charge is 0.326 e. The number of urea groups is 1. The molecule has 3 aliphatic rings. The maximum absolute atomic E-state index is 13.3. The molecular formula is C29H29Cl3N4O. The lowest BCUT2D eigenvalue weighted by Gasteiger charge is -2.37. The number of likely N-dealkylation sites (tertiary alicyclic amines) is 2. The molecule has 2 amide bonds. The zero-order chi connectivity index (χ0) is 25.8. The lowest BCUT2D eigenvalue weighted by atomic mass is 9.93. The molecule has 0 aliphatic carbocycles. The van der Waals surface area contributed by atoms with E-state index in [0.29, 0.717) is 45.4 Å². The second-order valence-electron chi connectivity index (χ2n) is 10.4. The predicted octanol–water partition coefficient (Wildman–Crippen LogP) is 7.34. The lowest BCUT2D eigenvalue weighted by molar-refractivity contribution is 0.0999. The summed E-state index contributed by atoms with van der Waals surface area (Å²) in [6.45, 7) is 7.93. The summed E-state index contributed by atoms with van der Waals surface area (Å²) in [6, 6.07) is 19.0. The molecular weight excluding hydrogens is 527 g/mol. The van der Waals surface area contributed by atoms with Gasteiger partial charge >= 0.3 is 6.03 Å². The summed E-state index contributed by atoms with van der Waals surface area (Å²) in [6.07, 6.45) is 1.21. The van der Waals surface area contributed by atoms with Crippen molar-refractivity contribution in [3.63, 3.8) is 0 Å². The third-order valence-electron chi connectivity index (χ3n) is 7.92. The predicted molar refractivity (Wildman–Crippen MR) is 152 cm³/mol. The van der Waals surface area contributed by atoms with Crippen molar-refractivity contribution in [2.75, 3.05) is 18.0 Å². The Hall–Kier alpha value is -2.28. The number of anilines is 2. The normalized spacial score (nSPS) is 21.6. The zero-order valence-corrected chi connectivity index (χ0v) is 23.1. The molecule has 0 aromatic heterocycles. The molecule has 0 saturated carbocycles. The van der Waals surface area contributed by atoms with Crippen LogP contribution in [0.1, 0.15) is 31.4 Å². The van der Waals surface area contributed by atoms with Crippen LogP contribution in [0, 0.1) is 0 Å². The fourth-order valence-corrected chi connectivity index (χ4v) is 7.03. The van der Waals surface area contributed by atoms with Crippen molar-refractivity contribution in [3.8, 4) is 11.1 Å². The van der Waals surface area contributed by atoms with Crippen LogP contribution in [0.2, 0.25) is 15.1 Å². The molecule has 3 aromatic rings. The molecule has 3 aromatic carbocycles. The molecule has 3 heterocycles. The molecule has 192 valence electrons. The van der Waals surface area contributed by atoms with E-state index < -0.39 is 0 Å². The Morgan fingerprint density at radius 2 is 1.65 bits per heavy atom. The van der Waals surface area contributed by atoms with Gasteiger partial charge in [-0.1, -0.05) is 59.1 Å². The number of para-hydroxylation sites is 1. The summed E-state index contributed by atoms with van der Waals surface area (Å²) in [5.41, 5.74) is 5.36. The highest BCUT2D eigenvalue weighted by Gasteiger charge is 2.44. The monoisotopic (exact) mass is 554 g/mol. The first-order valence-corrected chi connectivity index (χ1v) is 13.9. The van der Waals surface area contributed by atoms with Crippen molar-refractivity contribution in [1.29, 1.82) is 0 Å². The number of rotatable bonds is 5. The number of halogens is 3. The summed E-state index contributed by atoms with van der Waals surface area (Å²) in [5.74, 6) is 0. The number of benzene rings is 3. The molecule has 3 aliphatic heterocycles. The number of piperazine rings is 1. The molecule has 2 bridgehead atoms. The standard InChI is InChI=1S/C29H29Cl3N4O/c1-17(2)35-16-19-12-20(35)15-34(19)14-18-10-22(21-6-3-4-7-24(21)30)23-13-33-29(37)36(27(23)11-18)28-25(31)8-5-9-26(28)32/h3-11,17,19-20H,12-16H2,1-2H3,(H,33,37)/t19-,20-/m0/s1. The average Bonchev–Trinajstić information content (AvgIpc) is 3.46. The molecule has 2 fully saturated rings. The first-order chi connectivity index (χ1) is 17.8. The van der Waals surface area contributed by atoms with E-state index >= 15 is 0 Å². The van der Waals surface area contributed by atoms with E-state index in [4.69, 9.17) is 34.8 Å². The second-order valence-corrected chi connectivity index (χ2v) is 11.7. The zero-order valence-electron chi connectivity index (χ0n) is 20.8. The SMILES string of the molecule is CC(C)N1C[C@@H]2C[C@H]1CN2Cc1cc(-c2ccccc2Cl)c2c(c1)N(c1c(Cl)cccc1Cl)C(=O)NC2. The van der Waals surface area contributed by atoms with Crippen LogP contribution in [-0.2, 0) is 13.1 Å². The van der Waals surface area contributed by atoms with Crippen molar-refractivity contribution in [3.05, 3.63) is 80.8 Å². The Morgan fingerprint density at radius 1 is 0.919 bits per heavy atom. The van der Waals surface area contributed by atoms with Crippen LogP contribution in [0.25, 0.3) is 11.1 Å². The number of nitrogens with one attached hydrogen (secondary N) is 1. The van der Waals surface area contributed by atoms with Crippen LogP contribution in [0.3, 0.4) is 0 Å². The van der Waals surface area contributed by atoms with Gasteiger partial charge in [0.15, 0.2) is 0 Å². The van der Waals surface area contributed by atoms with Crippen molar-refractivity contribution in [2.45, 2.75) is 51.5 Å². The maximum atomic E-state index is 13.3. The minimum atomic E-state index is -0.252. The third-order valence-corrected chi connectivity index (χ3v) is 8.86. The third kappa shape index (κ3) is 4.41. The number of fused-ring (bicyclic) bond motifs is 3. The fourth-order valence-electron chi connectivity index (χ4n) is 6.23. The molecule has 0 unspecified atom stereocenters. The van der Waals surface area contributed by atoms with Gasteiger partial charge < -0.3 is 5.32 Å². The summed E-state index contributed by atoms with van der Waals surface area (Å²) in [5, 5.41) is 4.53. The summed E-state index contributed by atoms with van der Waals surface area (Å²) in [7, 11) is 0. The molecule has 0 spiro atoms. The van der Waals surface area contributed by atoms with Crippen molar-refractivity contribution in [2.24, 2.45) is 0 Å². The van der Waals surface area contributed by atoms with E-state index in [2.05, 4.69) is 41.1 Å². The van der Waals surface area contributed by atoms with Crippen LogP contribution in [0.15, 0.2) is 54.6 Å². The average molecular weight is 556 g/mol. The van der Waals surface area contributed by atoms with E-state index in [1.165, 1.54) is 6.42 Å². The van der Waals surface area contributed by atoms with Crippen molar-refractivity contribution >= 4 is 52.2 Å². The van der Waals surface area contributed by atoms with E-state index in [0.717, 1.165) is 47.6 Å². The van der Waals surface area contributed by atoms with Crippen LogP contribution in [-0.4, -0.2) is 47.0 Å². The highest BCUT2D eigenvalue weighted by Crippen LogP contribution is 2.45. The molecule has 2 saturated heterocycles. The van der Waals surface area contributed by atoms with Gasteiger partial charge in [0, 0.05) is 60.5 Å². The number of nitrogens with zero attached hydrogens (tertiary/aromatic N) is 3. The van der Waals surface area contributed by atoms with Crippen molar-refractivity contribution in [1.82, 2.24) is 15.1 Å². The van der Waals surface area contributed by atoms with Gasteiger partial charge in [-0.3, -0.25) is 14.7 Å². The highest BCUT2D eigenvalue weighted by molar-refractivity contribution is 6.40. The number of hydrogen-bond donors (Lipinski definition) is 1. The highest BCUT2D eigenvalue weighted by atomic mass is 35.5. The van der Waals surface area contributed by atoms with Gasteiger partial charge in [-0.05, 0) is 61.7 Å². The first kappa shape index (κ1) is 25.0. The molecule has 6 rings (SSSR count). The Morgan fingerprint density at radius 3 is 2.32 bits per heavy atom. The molecule has 37 heavy (non-hydrogen) atoms. The molecule has 2 atom stereocenters. The van der Waals surface area contributed by atoms with Crippen LogP contribution >= 0.6 is 34.8 Å². The van der Waals surface area contributed by atoms with E-state index in [1.54, 1.807) is 23.1 Å². The molecule has 8 heteroatoms. The Balaban J connectivity index is 1.46. The molecule has 5 nitrogen and oxygen atoms in total. The largest absolute Gasteiger partial charge is 0.333 e. The lowest BCUT2D eigenvalue weighted by Crippen LogP contribution is -2.48.